The molecule has 2 aromatic rings. The molecule has 1 atom stereocenters. The number of nitrogens with zero attached hydrogens (tertiary/aromatic N) is 2. The van der Waals surface area contributed by atoms with Crippen molar-refractivity contribution in [1.29, 1.82) is 0 Å². The Bertz CT molecular complexity index is 936. The minimum Gasteiger partial charge on any atom is -0.325 e. The molecule has 0 bridgehead atoms. The van der Waals surface area contributed by atoms with E-state index in [9.17, 15) is 13.2 Å². The lowest BCUT2D eigenvalue weighted by atomic mass is 10.2. The zero-order valence-corrected chi connectivity index (χ0v) is 18.9. The van der Waals surface area contributed by atoms with Crippen LogP contribution in [0.15, 0.2) is 40.6 Å². The molecule has 1 aromatic carbocycles. The molecule has 0 saturated carbocycles. The number of carbonyl (C=O) groups is 1. The maximum atomic E-state index is 13.1. The molecule has 1 aromatic heterocycles. The second kappa shape index (κ2) is 9.38. The average molecular weight is 436 g/mol. The number of thiophene rings is 1. The number of hydrogen-bond donors (Lipinski definition) is 1. The summed E-state index contributed by atoms with van der Waals surface area (Å²) < 4.78 is 27.7. The standard InChI is InChI=1S/C21H29N3O3S2/c1-16-9-10-18(14-20(16)29(26,27)24-11-5-4-6-12-24)22-21(25)15-23(3)17(2)19-8-7-13-28-19/h7-10,13-14,17H,4-6,11-12,15H2,1-3H3,(H,22,25). The summed E-state index contributed by atoms with van der Waals surface area (Å²) in [4.78, 5) is 16.0. The van der Waals surface area contributed by atoms with Gasteiger partial charge in [-0.15, -0.1) is 11.3 Å². The Morgan fingerprint density at radius 2 is 1.97 bits per heavy atom. The Kier molecular flexibility index (Phi) is 7.10. The number of amides is 1. The van der Waals surface area contributed by atoms with Crippen molar-refractivity contribution < 1.29 is 13.2 Å². The molecule has 6 nitrogen and oxygen atoms in total. The monoisotopic (exact) mass is 435 g/mol. The largest absolute Gasteiger partial charge is 0.325 e. The second-order valence-electron chi connectivity index (χ2n) is 7.60. The number of hydrogen-bond acceptors (Lipinski definition) is 5. The SMILES string of the molecule is Cc1ccc(NC(=O)CN(C)C(C)c2cccs2)cc1S(=O)(=O)N1CCCCC1. The van der Waals surface area contributed by atoms with E-state index in [0.29, 0.717) is 24.3 Å². The van der Waals surface area contributed by atoms with E-state index in [-0.39, 0.29) is 23.4 Å². The lowest BCUT2D eigenvalue weighted by molar-refractivity contribution is -0.117. The minimum absolute atomic E-state index is 0.133. The lowest BCUT2D eigenvalue weighted by Crippen LogP contribution is -2.36. The number of likely N-dealkylation sites (N-methyl/N-ethyl adjacent to an activating group) is 1. The van der Waals surface area contributed by atoms with Gasteiger partial charge in [-0.1, -0.05) is 18.6 Å². The summed E-state index contributed by atoms with van der Waals surface area (Å²) in [5.74, 6) is -0.166. The number of anilines is 1. The van der Waals surface area contributed by atoms with Crippen molar-refractivity contribution in [3.05, 3.63) is 46.2 Å². The number of rotatable bonds is 7. The topological polar surface area (TPSA) is 69.7 Å². The molecule has 0 radical (unpaired) electrons. The van der Waals surface area contributed by atoms with Crippen LogP contribution < -0.4 is 5.32 Å². The van der Waals surface area contributed by atoms with E-state index >= 15 is 0 Å². The normalized spacial score (nSPS) is 16.7. The molecule has 8 heteroatoms. The van der Waals surface area contributed by atoms with Crippen LogP contribution in [0.3, 0.4) is 0 Å². The lowest BCUT2D eigenvalue weighted by Gasteiger charge is -2.27. The second-order valence-corrected chi connectivity index (χ2v) is 10.5. The molecule has 1 N–H and O–H groups in total. The molecular weight excluding hydrogens is 406 g/mol. The third-order valence-electron chi connectivity index (χ3n) is 5.41. The molecule has 3 rings (SSSR count). The summed E-state index contributed by atoms with van der Waals surface area (Å²) in [6, 6.07) is 9.28. The summed E-state index contributed by atoms with van der Waals surface area (Å²) in [6.45, 7) is 5.20. The van der Waals surface area contributed by atoms with Crippen LogP contribution in [-0.4, -0.2) is 50.2 Å². The van der Waals surface area contributed by atoms with Crippen LogP contribution in [0.4, 0.5) is 5.69 Å². The van der Waals surface area contributed by atoms with E-state index in [2.05, 4.69) is 18.3 Å². The predicted molar refractivity (Wildman–Crippen MR) is 118 cm³/mol. The molecule has 1 saturated heterocycles. The van der Waals surface area contributed by atoms with Gasteiger partial charge in [0, 0.05) is 29.7 Å². The van der Waals surface area contributed by atoms with Gasteiger partial charge in [0.25, 0.3) is 0 Å². The number of piperidine rings is 1. The molecule has 1 aliphatic heterocycles. The van der Waals surface area contributed by atoms with Gasteiger partial charge >= 0.3 is 0 Å². The number of carbonyl (C=O) groups excluding carboxylic acids is 1. The maximum Gasteiger partial charge on any atom is 0.243 e. The van der Waals surface area contributed by atoms with Crippen molar-refractivity contribution in [2.24, 2.45) is 0 Å². The van der Waals surface area contributed by atoms with Crippen LogP contribution in [0, 0.1) is 6.92 Å². The number of nitrogens with one attached hydrogen (secondary N) is 1. The first-order chi connectivity index (χ1) is 13.8. The Hall–Kier alpha value is -1.74. The van der Waals surface area contributed by atoms with E-state index in [1.165, 1.54) is 4.88 Å². The molecular formula is C21H29N3O3S2. The minimum atomic E-state index is -3.54. The summed E-state index contributed by atoms with van der Waals surface area (Å²) in [7, 11) is -1.64. The van der Waals surface area contributed by atoms with Gasteiger partial charge in [-0.25, -0.2) is 8.42 Å². The summed E-state index contributed by atoms with van der Waals surface area (Å²) in [5, 5.41) is 4.88. The van der Waals surface area contributed by atoms with E-state index in [1.54, 1.807) is 40.8 Å². The fraction of sp³-hybridized carbons (Fsp3) is 0.476. The van der Waals surface area contributed by atoms with E-state index in [4.69, 9.17) is 0 Å². The summed E-state index contributed by atoms with van der Waals surface area (Å²) in [5.41, 5.74) is 1.20. The van der Waals surface area contributed by atoms with Gasteiger partial charge in [-0.2, -0.15) is 4.31 Å². The van der Waals surface area contributed by atoms with Crippen LogP contribution >= 0.6 is 11.3 Å². The third-order valence-corrected chi connectivity index (χ3v) is 8.50. The van der Waals surface area contributed by atoms with Crippen molar-refractivity contribution in [3.63, 3.8) is 0 Å². The fourth-order valence-corrected chi connectivity index (χ4v) is 6.13. The first-order valence-corrected chi connectivity index (χ1v) is 12.3. The predicted octanol–water partition coefficient (Wildman–Crippen LogP) is 3.86. The zero-order valence-electron chi connectivity index (χ0n) is 17.2. The Morgan fingerprint density at radius 1 is 1.24 bits per heavy atom. The summed E-state index contributed by atoms with van der Waals surface area (Å²) in [6.07, 6.45) is 2.85. The Balaban J connectivity index is 1.70. The van der Waals surface area contributed by atoms with E-state index < -0.39 is 10.0 Å². The van der Waals surface area contributed by atoms with Crippen molar-refractivity contribution in [3.8, 4) is 0 Å². The van der Waals surface area contributed by atoms with Gasteiger partial charge in [-0.05, 0) is 62.9 Å². The zero-order chi connectivity index (χ0) is 21.0. The number of aryl methyl sites for hydroxylation is 1. The van der Waals surface area contributed by atoms with Crippen molar-refractivity contribution >= 4 is 33.0 Å². The van der Waals surface area contributed by atoms with Gasteiger partial charge in [0.15, 0.2) is 0 Å². The summed E-state index contributed by atoms with van der Waals surface area (Å²) >= 11 is 1.67. The van der Waals surface area contributed by atoms with Gasteiger partial charge in [0.2, 0.25) is 15.9 Å². The number of benzene rings is 1. The highest BCUT2D eigenvalue weighted by molar-refractivity contribution is 7.89. The average Bonchev–Trinajstić information content (AvgIpc) is 3.24. The molecule has 1 fully saturated rings. The molecule has 1 amide bonds. The molecule has 1 aliphatic rings. The van der Waals surface area contributed by atoms with Crippen molar-refractivity contribution in [1.82, 2.24) is 9.21 Å². The van der Waals surface area contributed by atoms with Gasteiger partial charge in [0.05, 0.1) is 11.4 Å². The Morgan fingerprint density at radius 3 is 2.62 bits per heavy atom. The van der Waals surface area contributed by atoms with Crippen LogP contribution in [0.2, 0.25) is 0 Å². The van der Waals surface area contributed by atoms with Crippen LogP contribution in [0.1, 0.15) is 42.7 Å². The first kappa shape index (κ1) is 22.0. The highest BCUT2D eigenvalue weighted by Gasteiger charge is 2.27. The molecule has 2 heterocycles. The van der Waals surface area contributed by atoms with Crippen LogP contribution in [-0.2, 0) is 14.8 Å². The fourth-order valence-electron chi connectivity index (χ4n) is 3.51. The molecule has 29 heavy (non-hydrogen) atoms. The van der Waals surface area contributed by atoms with E-state index in [1.807, 2.05) is 23.4 Å². The van der Waals surface area contributed by atoms with Gasteiger partial charge in [0.1, 0.15) is 0 Å². The van der Waals surface area contributed by atoms with Crippen LogP contribution in [0.5, 0.6) is 0 Å². The number of sulfonamides is 1. The quantitative estimate of drug-likeness (QED) is 0.717. The molecule has 158 valence electrons. The molecule has 0 spiro atoms. The van der Waals surface area contributed by atoms with E-state index in [0.717, 1.165) is 19.3 Å². The maximum absolute atomic E-state index is 13.1. The van der Waals surface area contributed by atoms with Crippen molar-refractivity contribution in [2.75, 3.05) is 32.0 Å². The van der Waals surface area contributed by atoms with Gasteiger partial charge in [-0.3, -0.25) is 9.69 Å². The highest BCUT2D eigenvalue weighted by Crippen LogP contribution is 2.26. The third kappa shape index (κ3) is 5.25. The van der Waals surface area contributed by atoms with Crippen LogP contribution in [0.25, 0.3) is 0 Å². The smallest absolute Gasteiger partial charge is 0.243 e. The molecule has 0 aliphatic carbocycles. The van der Waals surface area contributed by atoms with Crippen molar-refractivity contribution in [2.45, 2.75) is 44.0 Å². The first-order valence-electron chi connectivity index (χ1n) is 9.93. The Labute approximate surface area is 177 Å². The highest BCUT2D eigenvalue weighted by atomic mass is 32.2. The molecule has 1 unspecified atom stereocenters. The van der Waals surface area contributed by atoms with Gasteiger partial charge < -0.3 is 5.32 Å².